The maximum atomic E-state index is 10.6. The van der Waals surface area contributed by atoms with Crippen molar-refractivity contribution in [2.45, 2.75) is 41.0 Å². The van der Waals surface area contributed by atoms with Gasteiger partial charge >= 0.3 is 5.97 Å². The quantitative estimate of drug-likeness (QED) is 0.820. The lowest BCUT2D eigenvalue weighted by molar-refractivity contribution is -0.131. The van der Waals surface area contributed by atoms with E-state index >= 15 is 0 Å². The Morgan fingerprint density at radius 3 is 2.17 bits per heavy atom. The third-order valence-electron chi connectivity index (χ3n) is 3.15. The van der Waals surface area contributed by atoms with Gasteiger partial charge in [0.05, 0.1) is 0 Å². The molecule has 0 aromatic heterocycles. The number of carboxylic acid groups (broad SMARTS) is 1. The van der Waals surface area contributed by atoms with Crippen molar-refractivity contribution in [3.05, 3.63) is 46.5 Å². The molecular weight excluding hydrogens is 224 g/mol. The van der Waals surface area contributed by atoms with Crippen LogP contribution in [0, 0.1) is 26.2 Å². The molecule has 0 aliphatic rings. The highest BCUT2D eigenvalue weighted by Gasteiger charge is 2.18. The number of hydrogen-bond donors (Lipinski definition) is 1. The van der Waals surface area contributed by atoms with Gasteiger partial charge in [-0.05, 0) is 49.3 Å². The summed E-state index contributed by atoms with van der Waals surface area (Å²) in [7, 11) is 0. The molecule has 0 bridgehead atoms. The standard InChI is InChI=1S/C16H22O2/c1-11-8-12(2)14(13(3)9-11)10-16(4,5)7-6-15(17)18/h6-9H,10H2,1-5H3,(H,17,18)/b7-6+. The number of allylic oxidation sites excluding steroid dienone is 1. The third kappa shape index (κ3) is 4.02. The van der Waals surface area contributed by atoms with E-state index in [0.29, 0.717) is 0 Å². The normalized spacial score (nSPS) is 12.1. The Morgan fingerprint density at radius 1 is 1.22 bits per heavy atom. The molecule has 0 saturated heterocycles. The molecule has 0 fully saturated rings. The molecule has 0 heterocycles. The molecule has 18 heavy (non-hydrogen) atoms. The summed E-state index contributed by atoms with van der Waals surface area (Å²) in [6.07, 6.45) is 3.86. The van der Waals surface area contributed by atoms with Gasteiger partial charge in [0.2, 0.25) is 0 Å². The van der Waals surface area contributed by atoms with Crippen LogP contribution in [0.25, 0.3) is 0 Å². The minimum Gasteiger partial charge on any atom is -0.478 e. The Labute approximate surface area is 109 Å². The molecule has 0 saturated carbocycles. The van der Waals surface area contributed by atoms with E-state index < -0.39 is 5.97 Å². The van der Waals surface area contributed by atoms with Gasteiger partial charge in [0.15, 0.2) is 0 Å². The highest BCUT2D eigenvalue weighted by molar-refractivity contribution is 5.79. The number of carbonyl (C=O) groups is 1. The molecule has 2 heteroatoms. The van der Waals surface area contributed by atoms with E-state index in [1.165, 1.54) is 28.3 Å². The van der Waals surface area contributed by atoms with E-state index in [2.05, 4.69) is 46.8 Å². The third-order valence-corrected chi connectivity index (χ3v) is 3.15. The summed E-state index contributed by atoms with van der Waals surface area (Å²) in [5.74, 6) is -0.888. The van der Waals surface area contributed by atoms with Crippen molar-refractivity contribution in [3.63, 3.8) is 0 Å². The summed E-state index contributed by atoms with van der Waals surface area (Å²) in [6, 6.07) is 4.36. The van der Waals surface area contributed by atoms with E-state index in [4.69, 9.17) is 5.11 Å². The van der Waals surface area contributed by atoms with Gasteiger partial charge in [-0.3, -0.25) is 0 Å². The van der Waals surface area contributed by atoms with Crippen LogP contribution in [0.2, 0.25) is 0 Å². The SMILES string of the molecule is Cc1cc(C)c(CC(C)(C)/C=C/C(=O)O)c(C)c1. The molecule has 98 valence electrons. The molecule has 1 aromatic carbocycles. The second-order valence-corrected chi connectivity index (χ2v) is 5.71. The van der Waals surface area contributed by atoms with Gasteiger partial charge in [-0.15, -0.1) is 0 Å². The maximum Gasteiger partial charge on any atom is 0.327 e. The average molecular weight is 246 g/mol. The van der Waals surface area contributed by atoms with Crippen molar-refractivity contribution >= 4 is 5.97 Å². The van der Waals surface area contributed by atoms with Crippen LogP contribution in [0.3, 0.4) is 0 Å². The molecular formula is C16H22O2. The molecule has 0 spiro atoms. The fourth-order valence-corrected chi connectivity index (χ4v) is 2.30. The zero-order chi connectivity index (χ0) is 13.9. The van der Waals surface area contributed by atoms with Crippen LogP contribution >= 0.6 is 0 Å². The lowest BCUT2D eigenvalue weighted by Crippen LogP contribution is -2.14. The summed E-state index contributed by atoms with van der Waals surface area (Å²) in [5, 5.41) is 8.70. The lowest BCUT2D eigenvalue weighted by atomic mass is 9.82. The molecule has 0 aliphatic carbocycles. The molecule has 0 amide bonds. The van der Waals surface area contributed by atoms with E-state index in [0.717, 1.165) is 6.42 Å². The Balaban J connectivity index is 3.00. The monoisotopic (exact) mass is 246 g/mol. The largest absolute Gasteiger partial charge is 0.478 e. The summed E-state index contributed by atoms with van der Waals surface area (Å²) in [6.45, 7) is 10.5. The van der Waals surface area contributed by atoms with E-state index in [1.807, 2.05) is 0 Å². The van der Waals surface area contributed by atoms with Crippen LogP contribution in [0.5, 0.6) is 0 Å². The summed E-state index contributed by atoms with van der Waals surface area (Å²) in [4.78, 5) is 10.6. The molecule has 2 nitrogen and oxygen atoms in total. The van der Waals surface area contributed by atoms with Crippen LogP contribution in [0.15, 0.2) is 24.3 Å². The second kappa shape index (κ2) is 5.38. The Hall–Kier alpha value is -1.57. The molecule has 1 aromatic rings. The van der Waals surface area contributed by atoms with Crippen molar-refractivity contribution in [2.24, 2.45) is 5.41 Å². The van der Waals surface area contributed by atoms with E-state index in [-0.39, 0.29) is 5.41 Å². The Bertz CT molecular complexity index is 459. The van der Waals surface area contributed by atoms with Crippen LogP contribution in [-0.4, -0.2) is 11.1 Å². The van der Waals surface area contributed by atoms with Gasteiger partial charge < -0.3 is 5.11 Å². The summed E-state index contributed by atoms with van der Waals surface area (Å²) < 4.78 is 0. The number of aryl methyl sites for hydroxylation is 3. The Kier molecular flexibility index (Phi) is 4.33. The van der Waals surface area contributed by atoms with Crippen LogP contribution in [0.4, 0.5) is 0 Å². The van der Waals surface area contributed by atoms with Crippen LogP contribution in [0.1, 0.15) is 36.1 Å². The van der Waals surface area contributed by atoms with Crippen molar-refractivity contribution in [2.75, 3.05) is 0 Å². The summed E-state index contributed by atoms with van der Waals surface area (Å²) >= 11 is 0. The molecule has 1 N–H and O–H groups in total. The minimum absolute atomic E-state index is 0.150. The number of benzene rings is 1. The smallest absolute Gasteiger partial charge is 0.327 e. The van der Waals surface area contributed by atoms with E-state index in [9.17, 15) is 4.79 Å². The number of hydrogen-bond acceptors (Lipinski definition) is 1. The fraction of sp³-hybridized carbons (Fsp3) is 0.438. The molecule has 1 rings (SSSR count). The highest BCUT2D eigenvalue weighted by atomic mass is 16.4. The average Bonchev–Trinajstić information content (AvgIpc) is 2.21. The topological polar surface area (TPSA) is 37.3 Å². The van der Waals surface area contributed by atoms with Gasteiger partial charge in [-0.2, -0.15) is 0 Å². The van der Waals surface area contributed by atoms with Gasteiger partial charge in [-0.1, -0.05) is 37.6 Å². The lowest BCUT2D eigenvalue weighted by Gasteiger charge is -2.23. The first-order valence-corrected chi connectivity index (χ1v) is 6.20. The summed E-state index contributed by atoms with van der Waals surface area (Å²) in [5.41, 5.74) is 5.00. The molecule has 0 radical (unpaired) electrons. The minimum atomic E-state index is -0.888. The van der Waals surface area contributed by atoms with Crippen molar-refractivity contribution in [1.29, 1.82) is 0 Å². The highest BCUT2D eigenvalue weighted by Crippen LogP contribution is 2.28. The first kappa shape index (κ1) is 14.5. The number of carboxylic acids is 1. The van der Waals surface area contributed by atoms with Gasteiger partial charge in [-0.25, -0.2) is 4.79 Å². The van der Waals surface area contributed by atoms with Crippen molar-refractivity contribution < 1.29 is 9.90 Å². The van der Waals surface area contributed by atoms with Crippen LogP contribution < -0.4 is 0 Å². The van der Waals surface area contributed by atoms with Crippen LogP contribution in [-0.2, 0) is 11.2 Å². The number of rotatable bonds is 4. The first-order valence-electron chi connectivity index (χ1n) is 6.20. The predicted molar refractivity (Wildman–Crippen MR) is 74.9 cm³/mol. The zero-order valence-corrected chi connectivity index (χ0v) is 11.9. The van der Waals surface area contributed by atoms with Crippen molar-refractivity contribution in [1.82, 2.24) is 0 Å². The first-order chi connectivity index (χ1) is 8.21. The van der Waals surface area contributed by atoms with Gasteiger partial charge in [0.25, 0.3) is 0 Å². The van der Waals surface area contributed by atoms with Crippen molar-refractivity contribution in [3.8, 4) is 0 Å². The Morgan fingerprint density at radius 2 is 1.72 bits per heavy atom. The maximum absolute atomic E-state index is 10.6. The van der Waals surface area contributed by atoms with Gasteiger partial charge in [0, 0.05) is 6.08 Å². The molecule has 0 atom stereocenters. The van der Waals surface area contributed by atoms with E-state index in [1.54, 1.807) is 6.08 Å². The fourth-order valence-electron chi connectivity index (χ4n) is 2.30. The number of aliphatic carboxylic acids is 1. The zero-order valence-electron chi connectivity index (χ0n) is 11.9. The predicted octanol–water partition coefficient (Wildman–Crippen LogP) is 3.82. The molecule has 0 aliphatic heterocycles. The molecule has 0 unspecified atom stereocenters. The van der Waals surface area contributed by atoms with Gasteiger partial charge in [0.1, 0.15) is 0 Å². The second-order valence-electron chi connectivity index (χ2n) is 5.71.